The van der Waals surface area contributed by atoms with E-state index in [9.17, 15) is 18.0 Å². The first kappa shape index (κ1) is 24.5. The van der Waals surface area contributed by atoms with E-state index < -0.39 is 11.7 Å². The number of halogens is 3. The fourth-order valence-electron chi connectivity index (χ4n) is 4.15. The number of hydrogen-bond acceptors (Lipinski definition) is 3. The van der Waals surface area contributed by atoms with Crippen molar-refractivity contribution in [1.82, 2.24) is 4.98 Å². The van der Waals surface area contributed by atoms with Gasteiger partial charge in [0, 0.05) is 31.8 Å². The molecule has 0 saturated heterocycles. The van der Waals surface area contributed by atoms with Crippen LogP contribution in [0.3, 0.4) is 0 Å². The van der Waals surface area contributed by atoms with E-state index >= 15 is 0 Å². The van der Waals surface area contributed by atoms with Gasteiger partial charge in [-0.1, -0.05) is 55.5 Å². The normalized spacial score (nSPS) is 12.5. The van der Waals surface area contributed by atoms with Gasteiger partial charge in [-0.2, -0.15) is 13.2 Å². The summed E-state index contributed by atoms with van der Waals surface area (Å²) in [5.74, 6) is 1.09. The summed E-state index contributed by atoms with van der Waals surface area (Å²) in [7, 11) is 3.89. The molecule has 0 unspecified atom stereocenters. The van der Waals surface area contributed by atoms with Crippen LogP contribution in [0.2, 0.25) is 0 Å². The maximum atomic E-state index is 13.0. The average Bonchev–Trinajstić information content (AvgIpc) is 2.86. The van der Waals surface area contributed by atoms with Crippen molar-refractivity contribution in [2.24, 2.45) is 0 Å². The molecule has 1 aromatic heterocycles. The number of alkyl halides is 3. The van der Waals surface area contributed by atoms with Gasteiger partial charge in [-0.3, -0.25) is 4.79 Å². The predicted molar refractivity (Wildman–Crippen MR) is 135 cm³/mol. The number of fused-ring (bicyclic) bond motifs is 1. The van der Waals surface area contributed by atoms with Crippen molar-refractivity contribution in [3.63, 3.8) is 0 Å². The third-order valence-corrected chi connectivity index (χ3v) is 6.25. The Hall–Kier alpha value is -3.67. The first-order valence-corrected chi connectivity index (χ1v) is 11.5. The zero-order valence-corrected chi connectivity index (χ0v) is 19.9. The molecular formula is C29H27F3N2O. The lowest BCUT2D eigenvalue weighted by Crippen LogP contribution is -2.12. The number of hydrogen-bond donors (Lipinski definition) is 0. The highest BCUT2D eigenvalue weighted by Gasteiger charge is 2.30. The molecular weight excluding hydrogens is 449 g/mol. The lowest BCUT2D eigenvalue weighted by atomic mass is 9.93. The molecule has 0 saturated carbocycles. The highest BCUT2D eigenvalue weighted by molar-refractivity contribution is 6.03. The second kappa shape index (κ2) is 9.90. The Kier molecular flexibility index (Phi) is 6.92. The van der Waals surface area contributed by atoms with Gasteiger partial charge in [-0.25, -0.2) is 4.98 Å². The van der Waals surface area contributed by atoms with Gasteiger partial charge < -0.3 is 4.90 Å². The number of nitrogens with zero attached hydrogens (tertiary/aromatic N) is 2. The summed E-state index contributed by atoms with van der Waals surface area (Å²) < 4.78 is 38.7. The maximum Gasteiger partial charge on any atom is 0.416 e. The number of benzene rings is 3. The third kappa shape index (κ3) is 5.53. The Balaban J connectivity index is 1.51. The van der Waals surface area contributed by atoms with Crippen molar-refractivity contribution in [2.75, 3.05) is 19.0 Å². The van der Waals surface area contributed by atoms with Crippen molar-refractivity contribution in [3.05, 3.63) is 95.7 Å². The molecule has 0 spiro atoms. The molecule has 0 aliphatic heterocycles. The zero-order chi connectivity index (χ0) is 25.2. The van der Waals surface area contributed by atoms with Crippen LogP contribution in [0.4, 0.5) is 19.0 Å². The average molecular weight is 477 g/mol. The van der Waals surface area contributed by atoms with Crippen LogP contribution in [0.15, 0.2) is 78.9 Å². The first-order valence-electron chi connectivity index (χ1n) is 11.5. The van der Waals surface area contributed by atoms with Crippen LogP contribution < -0.4 is 4.90 Å². The molecule has 180 valence electrons. The largest absolute Gasteiger partial charge is 0.416 e. The third-order valence-electron chi connectivity index (χ3n) is 6.25. The number of anilines is 1. The fraction of sp³-hybridized carbons (Fsp3) is 0.241. The number of pyridine rings is 1. The minimum Gasteiger partial charge on any atom is -0.363 e. The van der Waals surface area contributed by atoms with Gasteiger partial charge in [0.25, 0.3) is 0 Å². The summed E-state index contributed by atoms with van der Waals surface area (Å²) in [5, 5.41) is 1.77. The Morgan fingerprint density at radius 1 is 0.943 bits per heavy atom. The quantitative estimate of drug-likeness (QED) is 0.256. The standard InChI is InChI=1S/C29H27F3N2O/c1-19(26-8-5-9-28(33-26)34(2)3)10-17-27(35)22-13-16-25-21(18-22)6-4-7-24(25)20-11-14-23(15-12-20)29(30,31)32/h4-9,11-16,18-19H,10,17H2,1-3H3/t19-/m0/s1. The summed E-state index contributed by atoms with van der Waals surface area (Å²) in [4.78, 5) is 19.6. The molecule has 0 N–H and O–H groups in total. The van der Waals surface area contributed by atoms with Gasteiger partial charge in [-0.05, 0) is 64.6 Å². The van der Waals surface area contributed by atoms with E-state index in [0.29, 0.717) is 24.0 Å². The number of carbonyl (C=O) groups is 1. The maximum absolute atomic E-state index is 13.0. The Morgan fingerprint density at radius 3 is 2.34 bits per heavy atom. The molecule has 0 aliphatic rings. The SMILES string of the molecule is C[C@@H](CCC(=O)c1ccc2c(-c3ccc(C(F)(F)F)cc3)cccc2c1)c1cccc(N(C)C)n1. The van der Waals surface area contributed by atoms with E-state index in [-0.39, 0.29) is 11.7 Å². The van der Waals surface area contributed by atoms with Crippen LogP contribution >= 0.6 is 0 Å². The highest BCUT2D eigenvalue weighted by Crippen LogP contribution is 2.34. The van der Waals surface area contributed by atoms with Crippen LogP contribution in [0.1, 0.15) is 47.3 Å². The summed E-state index contributed by atoms with van der Waals surface area (Å²) in [5.41, 5.74) is 2.44. The fourth-order valence-corrected chi connectivity index (χ4v) is 4.15. The lowest BCUT2D eigenvalue weighted by Gasteiger charge is -2.15. The summed E-state index contributed by atoms with van der Waals surface area (Å²) >= 11 is 0. The van der Waals surface area contributed by atoms with E-state index in [1.807, 2.05) is 67.5 Å². The molecule has 6 heteroatoms. The molecule has 0 radical (unpaired) electrons. The topological polar surface area (TPSA) is 33.2 Å². The smallest absolute Gasteiger partial charge is 0.363 e. The van der Waals surface area contributed by atoms with Gasteiger partial charge in [0.05, 0.1) is 5.56 Å². The molecule has 1 atom stereocenters. The van der Waals surface area contributed by atoms with Crippen LogP contribution in [-0.2, 0) is 6.18 Å². The molecule has 4 rings (SSSR count). The molecule has 4 aromatic rings. The molecule has 0 fully saturated rings. The van der Waals surface area contributed by atoms with Crippen molar-refractivity contribution < 1.29 is 18.0 Å². The predicted octanol–water partition coefficient (Wildman–Crippen LogP) is 7.75. The van der Waals surface area contributed by atoms with Crippen molar-refractivity contribution in [2.45, 2.75) is 31.9 Å². The summed E-state index contributed by atoms with van der Waals surface area (Å²) in [6.45, 7) is 2.08. The zero-order valence-electron chi connectivity index (χ0n) is 19.9. The van der Waals surface area contributed by atoms with Crippen LogP contribution in [-0.4, -0.2) is 24.9 Å². The van der Waals surface area contributed by atoms with E-state index in [1.54, 1.807) is 6.07 Å². The van der Waals surface area contributed by atoms with Crippen molar-refractivity contribution in [1.29, 1.82) is 0 Å². The van der Waals surface area contributed by atoms with Gasteiger partial charge in [0.1, 0.15) is 5.82 Å². The Labute approximate surface area is 203 Å². The molecule has 35 heavy (non-hydrogen) atoms. The number of aromatic nitrogens is 1. The molecule has 0 amide bonds. The van der Waals surface area contributed by atoms with Gasteiger partial charge >= 0.3 is 6.18 Å². The highest BCUT2D eigenvalue weighted by atomic mass is 19.4. The lowest BCUT2D eigenvalue weighted by molar-refractivity contribution is -0.137. The van der Waals surface area contributed by atoms with Crippen molar-refractivity contribution in [3.8, 4) is 11.1 Å². The van der Waals surface area contributed by atoms with E-state index in [0.717, 1.165) is 40.0 Å². The first-order chi connectivity index (χ1) is 16.6. The van der Waals surface area contributed by atoms with E-state index in [1.165, 1.54) is 12.1 Å². The Bertz CT molecular complexity index is 1340. The number of rotatable bonds is 7. The van der Waals surface area contributed by atoms with Crippen molar-refractivity contribution >= 4 is 22.4 Å². The molecule has 0 bridgehead atoms. The van der Waals surface area contributed by atoms with Gasteiger partial charge in [0.2, 0.25) is 0 Å². The van der Waals surface area contributed by atoms with Gasteiger partial charge in [-0.15, -0.1) is 0 Å². The molecule has 3 aromatic carbocycles. The summed E-state index contributed by atoms with van der Waals surface area (Å²) in [6, 6.07) is 22.3. The second-order valence-electron chi connectivity index (χ2n) is 8.99. The van der Waals surface area contributed by atoms with Crippen LogP contribution in [0, 0.1) is 0 Å². The van der Waals surface area contributed by atoms with E-state index in [4.69, 9.17) is 0 Å². The number of ketones is 1. The number of Topliss-reactive ketones (excluding diaryl/α,β-unsaturated/α-hetero) is 1. The minimum absolute atomic E-state index is 0.0578. The molecule has 0 aliphatic carbocycles. The minimum atomic E-state index is -4.37. The van der Waals surface area contributed by atoms with E-state index in [2.05, 4.69) is 11.9 Å². The van der Waals surface area contributed by atoms with Gasteiger partial charge in [0.15, 0.2) is 5.78 Å². The molecule has 3 nitrogen and oxygen atoms in total. The monoisotopic (exact) mass is 476 g/mol. The number of carbonyl (C=O) groups excluding carboxylic acids is 1. The van der Waals surface area contributed by atoms with Crippen LogP contribution in [0.25, 0.3) is 21.9 Å². The Morgan fingerprint density at radius 2 is 1.66 bits per heavy atom. The molecule has 1 heterocycles. The second-order valence-corrected chi connectivity index (χ2v) is 8.99. The summed E-state index contributed by atoms with van der Waals surface area (Å²) in [6.07, 6.45) is -3.28. The van der Waals surface area contributed by atoms with Crippen LogP contribution in [0.5, 0.6) is 0 Å².